The van der Waals surface area contributed by atoms with E-state index in [2.05, 4.69) is 4.98 Å². The van der Waals surface area contributed by atoms with E-state index in [1.54, 1.807) is 0 Å². The molecule has 2 rings (SSSR count). The fourth-order valence-corrected chi connectivity index (χ4v) is 2.29. The molecule has 1 heterocycles. The molecule has 0 saturated heterocycles. The average Bonchev–Trinajstić information content (AvgIpc) is 2.33. The Morgan fingerprint density at radius 1 is 1.32 bits per heavy atom. The molecule has 2 unspecified atom stereocenters. The number of aromatic nitrogens is 1. The van der Waals surface area contributed by atoms with E-state index in [0.29, 0.717) is 0 Å². The predicted molar refractivity (Wildman–Crippen MR) is 65.1 cm³/mol. The Bertz CT molecular complexity index is 453. The van der Waals surface area contributed by atoms with Gasteiger partial charge in [0.05, 0.1) is 5.56 Å². The minimum absolute atomic E-state index is 0.0111. The van der Waals surface area contributed by atoms with Gasteiger partial charge in [0, 0.05) is 12.2 Å². The number of halogens is 4. The monoisotopic (exact) mass is 294 g/mol. The van der Waals surface area contributed by atoms with Crippen molar-refractivity contribution in [1.82, 2.24) is 4.98 Å². The third-order valence-electron chi connectivity index (χ3n) is 3.15. The summed E-state index contributed by atoms with van der Waals surface area (Å²) in [5.74, 6) is 0.0111. The first-order valence-electron chi connectivity index (χ1n) is 6.03. The van der Waals surface area contributed by atoms with Crippen LogP contribution in [0.5, 0.6) is 5.88 Å². The third-order valence-corrected chi connectivity index (χ3v) is 3.42. The van der Waals surface area contributed by atoms with E-state index in [0.717, 1.165) is 37.9 Å². The molecule has 1 aromatic heterocycles. The molecular weight excluding hydrogens is 281 g/mol. The minimum Gasteiger partial charge on any atom is -0.472 e. The van der Waals surface area contributed by atoms with Gasteiger partial charge in [0.2, 0.25) is 5.88 Å². The Hall–Kier alpha value is -1.01. The summed E-state index contributed by atoms with van der Waals surface area (Å²) in [6.07, 6.45) is -0.364. The number of pyridine rings is 1. The maximum Gasteiger partial charge on any atom is 0.417 e. The van der Waals surface area contributed by atoms with Crippen LogP contribution in [0.15, 0.2) is 12.3 Å². The van der Waals surface area contributed by atoms with Gasteiger partial charge in [-0.15, -0.1) is 0 Å². The molecule has 0 spiro atoms. The van der Waals surface area contributed by atoms with E-state index in [9.17, 15) is 13.2 Å². The standard InChI is InChI=1S/C12H14ClF3N2O/c13-8-5-7(12(14,15)16)6-18-11(8)19-10-4-2-1-3-9(10)17/h5-6,9-10H,1-4,17H2. The Labute approximate surface area is 113 Å². The molecule has 3 nitrogen and oxygen atoms in total. The number of hydrogen-bond acceptors (Lipinski definition) is 3. The second kappa shape index (κ2) is 5.54. The zero-order valence-corrected chi connectivity index (χ0v) is 10.8. The van der Waals surface area contributed by atoms with Gasteiger partial charge >= 0.3 is 6.18 Å². The predicted octanol–water partition coefficient (Wildman–Crippen LogP) is 3.40. The maximum absolute atomic E-state index is 12.5. The van der Waals surface area contributed by atoms with Crippen molar-refractivity contribution in [3.8, 4) is 5.88 Å². The first-order valence-corrected chi connectivity index (χ1v) is 6.40. The number of nitrogens with two attached hydrogens (primary N) is 1. The normalized spacial score (nSPS) is 24.3. The van der Waals surface area contributed by atoms with Gasteiger partial charge in [-0.3, -0.25) is 0 Å². The molecule has 1 aliphatic rings. The highest BCUT2D eigenvalue weighted by molar-refractivity contribution is 6.31. The van der Waals surface area contributed by atoms with Crippen LogP contribution in [0.25, 0.3) is 0 Å². The van der Waals surface area contributed by atoms with Crippen molar-refractivity contribution in [1.29, 1.82) is 0 Å². The molecule has 0 aromatic carbocycles. The number of rotatable bonds is 2. The minimum atomic E-state index is -4.46. The SMILES string of the molecule is NC1CCCCC1Oc1ncc(C(F)(F)F)cc1Cl. The van der Waals surface area contributed by atoms with Crippen LogP contribution >= 0.6 is 11.6 Å². The molecule has 19 heavy (non-hydrogen) atoms. The van der Waals surface area contributed by atoms with Gasteiger partial charge in [0.15, 0.2) is 0 Å². The lowest BCUT2D eigenvalue weighted by Gasteiger charge is -2.28. The van der Waals surface area contributed by atoms with E-state index < -0.39 is 11.7 Å². The van der Waals surface area contributed by atoms with Crippen molar-refractivity contribution in [3.63, 3.8) is 0 Å². The Balaban J connectivity index is 2.13. The van der Waals surface area contributed by atoms with Crippen LogP contribution in [-0.2, 0) is 6.18 Å². The Kier molecular flexibility index (Phi) is 4.20. The lowest BCUT2D eigenvalue weighted by atomic mass is 9.93. The van der Waals surface area contributed by atoms with Gasteiger partial charge in [-0.2, -0.15) is 13.2 Å². The lowest BCUT2D eigenvalue weighted by Crippen LogP contribution is -2.41. The smallest absolute Gasteiger partial charge is 0.417 e. The Morgan fingerprint density at radius 2 is 2.00 bits per heavy atom. The molecule has 1 aromatic rings. The highest BCUT2D eigenvalue weighted by Gasteiger charge is 2.32. The zero-order chi connectivity index (χ0) is 14.0. The molecule has 0 radical (unpaired) electrons. The molecule has 1 saturated carbocycles. The van der Waals surface area contributed by atoms with Crippen LogP contribution in [0.1, 0.15) is 31.2 Å². The molecule has 1 aliphatic carbocycles. The molecule has 2 atom stereocenters. The van der Waals surface area contributed by atoms with Gasteiger partial charge in [-0.1, -0.05) is 18.0 Å². The molecule has 7 heteroatoms. The summed E-state index contributed by atoms with van der Waals surface area (Å²) >= 11 is 5.77. The molecule has 0 amide bonds. The summed E-state index contributed by atoms with van der Waals surface area (Å²) in [5, 5.41) is -0.146. The molecular formula is C12H14ClF3N2O. The zero-order valence-electron chi connectivity index (χ0n) is 10.1. The largest absolute Gasteiger partial charge is 0.472 e. The topological polar surface area (TPSA) is 48.1 Å². The van der Waals surface area contributed by atoms with Crippen molar-refractivity contribution < 1.29 is 17.9 Å². The van der Waals surface area contributed by atoms with Crippen LogP contribution in [-0.4, -0.2) is 17.1 Å². The van der Waals surface area contributed by atoms with Gasteiger partial charge < -0.3 is 10.5 Å². The molecule has 1 fully saturated rings. The number of hydrogen-bond donors (Lipinski definition) is 1. The van der Waals surface area contributed by atoms with Crippen molar-refractivity contribution in [3.05, 3.63) is 22.8 Å². The highest BCUT2D eigenvalue weighted by Crippen LogP contribution is 2.34. The lowest BCUT2D eigenvalue weighted by molar-refractivity contribution is -0.137. The molecule has 106 valence electrons. The molecule has 0 bridgehead atoms. The van der Waals surface area contributed by atoms with E-state index in [1.165, 1.54) is 0 Å². The van der Waals surface area contributed by atoms with Crippen molar-refractivity contribution >= 4 is 11.6 Å². The van der Waals surface area contributed by atoms with Gasteiger partial charge in [-0.05, 0) is 25.3 Å². The van der Waals surface area contributed by atoms with Crippen molar-refractivity contribution in [2.45, 2.75) is 44.0 Å². The summed E-state index contributed by atoms with van der Waals surface area (Å²) in [4.78, 5) is 3.64. The summed E-state index contributed by atoms with van der Waals surface area (Å²) in [6, 6.07) is 0.687. The number of ether oxygens (including phenoxy) is 1. The maximum atomic E-state index is 12.5. The van der Waals surface area contributed by atoms with Gasteiger partial charge in [-0.25, -0.2) is 4.98 Å². The van der Waals surface area contributed by atoms with E-state index in [-0.39, 0.29) is 23.0 Å². The fraction of sp³-hybridized carbons (Fsp3) is 0.583. The molecule has 0 aliphatic heterocycles. The van der Waals surface area contributed by atoms with Crippen LogP contribution in [0.3, 0.4) is 0 Å². The quantitative estimate of drug-likeness (QED) is 0.909. The average molecular weight is 295 g/mol. The van der Waals surface area contributed by atoms with Crippen LogP contribution < -0.4 is 10.5 Å². The molecule has 2 N–H and O–H groups in total. The number of alkyl halides is 3. The summed E-state index contributed by atoms with van der Waals surface area (Å²) in [6.45, 7) is 0. The van der Waals surface area contributed by atoms with Gasteiger partial charge in [0.25, 0.3) is 0 Å². The summed E-state index contributed by atoms with van der Waals surface area (Å²) in [7, 11) is 0. The fourth-order valence-electron chi connectivity index (χ4n) is 2.08. The second-order valence-electron chi connectivity index (χ2n) is 4.61. The van der Waals surface area contributed by atoms with E-state index >= 15 is 0 Å². The van der Waals surface area contributed by atoms with E-state index in [1.807, 2.05) is 0 Å². The van der Waals surface area contributed by atoms with Crippen LogP contribution in [0.4, 0.5) is 13.2 Å². The highest BCUT2D eigenvalue weighted by atomic mass is 35.5. The van der Waals surface area contributed by atoms with Crippen molar-refractivity contribution in [2.75, 3.05) is 0 Å². The van der Waals surface area contributed by atoms with E-state index in [4.69, 9.17) is 22.1 Å². The first kappa shape index (κ1) is 14.4. The summed E-state index contributed by atoms with van der Waals surface area (Å²) in [5.41, 5.74) is 5.01. The van der Waals surface area contributed by atoms with Crippen molar-refractivity contribution in [2.24, 2.45) is 5.73 Å². The first-order chi connectivity index (χ1) is 8.88. The third kappa shape index (κ3) is 3.51. The Morgan fingerprint density at radius 3 is 2.58 bits per heavy atom. The summed E-state index contributed by atoms with van der Waals surface area (Å²) < 4.78 is 42.9. The van der Waals surface area contributed by atoms with Crippen LogP contribution in [0, 0.1) is 0 Å². The second-order valence-corrected chi connectivity index (χ2v) is 5.02. The number of nitrogens with zero attached hydrogens (tertiary/aromatic N) is 1. The van der Waals surface area contributed by atoms with Crippen LogP contribution in [0.2, 0.25) is 5.02 Å². The van der Waals surface area contributed by atoms with Gasteiger partial charge in [0.1, 0.15) is 11.1 Å².